The second kappa shape index (κ2) is 9.84. The molecule has 3 rings (SSSR count). The van der Waals surface area contributed by atoms with E-state index in [1.165, 1.54) is 29.6 Å². The molecule has 2 aliphatic rings. The lowest BCUT2D eigenvalue weighted by Crippen LogP contribution is -2.40. The number of carbonyl (C=O) groups is 3. The first-order valence-corrected chi connectivity index (χ1v) is 11.7. The minimum Gasteiger partial charge on any atom is -0.495 e. The van der Waals surface area contributed by atoms with Crippen molar-refractivity contribution in [2.75, 3.05) is 45.3 Å². The number of rotatable bonds is 8. The molecule has 1 aromatic carbocycles. The van der Waals surface area contributed by atoms with Crippen molar-refractivity contribution in [2.45, 2.75) is 31.2 Å². The third-order valence-corrected chi connectivity index (χ3v) is 7.07. The number of carbonyl (C=O) groups excluding carboxylic acids is 3. The molecule has 176 valence electrons. The van der Waals surface area contributed by atoms with Gasteiger partial charge in [0.25, 0.3) is 5.91 Å². The number of urea groups is 1. The van der Waals surface area contributed by atoms with E-state index in [4.69, 9.17) is 9.47 Å². The first-order valence-electron chi connectivity index (χ1n) is 10.3. The molecular weight excluding hydrogens is 440 g/mol. The van der Waals surface area contributed by atoms with Crippen molar-refractivity contribution in [3.8, 4) is 5.75 Å². The van der Waals surface area contributed by atoms with Crippen LogP contribution in [0.2, 0.25) is 0 Å². The minimum atomic E-state index is -3.87. The molecule has 4 amide bonds. The fraction of sp³-hybridized carbons (Fsp3) is 0.550. The molecule has 12 heteroatoms. The van der Waals surface area contributed by atoms with E-state index in [-0.39, 0.29) is 35.3 Å². The number of imide groups is 1. The number of anilines is 1. The molecule has 1 aromatic rings. The van der Waals surface area contributed by atoms with Gasteiger partial charge in [0.2, 0.25) is 15.9 Å². The predicted octanol–water partition coefficient (Wildman–Crippen LogP) is 0.621. The molecule has 2 N–H and O–H groups in total. The van der Waals surface area contributed by atoms with Gasteiger partial charge in [-0.2, -0.15) is 4.31 Å². The molecule has 0 bridgehead atoms. The minimum absolute atomic E-state index is 0.0910. The van der Waals surface area contributed by atoms with Crippen molar-refractivity contribution in [3.05, 3.63) is 18.2 Å². The predicted molar refractivity (Wildman–Crippen MR) is 115 cm³/mol. The third kappa shape index (κ3) is 5.19. The summed E-state index contributed by atoms with van der Waals surface area (Å²) < 4.78 is 37.8. The summed E-state index contributed by atoms with van der Waals surface area (Å²) in [4.78, 5) is 37.8. The fourth-order valence-corrected chi connectivity index (χ4v) is 5.17. The van der Waals surface area contributed by atoms with Crippen molar-refractivity contribution in [1.29, 1.82) is 0 Å². The highest BCUT2D eigenvalue weighted by Crippen LogP contribution is 2.30. The Kier molecular flexibility index (Phi) is 7.36. The molecule has 0 saturated carbocycles. The Hall–Kier alpha value is -2.70. The number of ether oxygens (including phenoxy) is 2. The summed E-state index contributed by atoms with van der Waals surface area (Å²) >= 11 is 0. The summed E-state index contributed by atoms with van der Waals surface area (Å²) in [5.74, 6) is -0.743. The number of hydrogen-bond donors (Lipinski definition) is 2. The lowest BCUT2D eigenvalue weighted by Gasteiger charge is -2.26. The Labute approximate surface area is 187 Å². The van der Waals surface area contributed by atoms with E-state index in [9.17, 15) is 22.8 Å². The van der Waals surface area contributed by atoms with E-state index in [0.717, 1.165) is 4.90 Å². The third-order valence-electron chi connectivity index (χ3n) is 5.15. The monoisotopic (exact) mass is 468 g/mol. The molecule has 2 aliphatic heterocycles. The lowest BCUT2D eigenvalue weighted by atomic mass is 10.0. The van der Waals surface area contributed by atoms with Crippen molar-refractivity contribution < 1.29 is 32.3 Å². The van der Waals surface area contributed by atoms with Gasteiger partial charge in [-0.15, -0.1) is 0 Å². The smallest absolute Gasteiger partial charge is 0.325 e. The Balaban J connectivity index is 1.74. The number of nitrogens with zero attached hydrogens (tertiary/aromatic N) is 2. The summed E-state index contributed by atoms with van der Waals surface area (Å²) in [5, 5.41) is 5.14. The Morgan fingerprint density at radius 1 is 1.28 bits per heavy atom. The van der Waals surface area contributed by atoms with Gasteiger partial charge in [0.1, 0.15) is 23.2 Å². The number of nitrogens with one attached hydrogen (secondary N) is 2. The van der Waals surface area contributed by atoms with E-state index in [1.54, 1.807) is 0 Å². The highest BCUT2D eigenvalue weighted by atomic mass is 32.2. The maximum Gasteiger partial charge on any atom is 0.325 e. The van der Waals surface area contributed by atoms with Gasteiger partial charge in [0.05, 0.1) is 20.3 Å². The Morgan fingerprint density at radius 3 is 2.59 bits per heavy atom. The molecule has 32 heavy (non-hydrogen) atoms. The van der Waals surface area contributed by atoms with Crippen LogP contribution in [0.25, 0.3) is 0 Å². The van der Waals surface area contributed by atoms with Crippen LogP contribution in [-0.2, 0) is 24.3 Å². The number of sulfonamides is 1. The van der Waals surface area contributed by atoms with Crippen molar-refractivity contribution in [1.82, 2.24) is 14.5 Å². The molecule has 11 nitrogen and oxygen atoms in total. The molecule has 2 saturated heterocycles. The average Bonchev–Trinajstić information content (AvgIpc) is 3.01. The molecule has 1 atom stereocenters. The molecule has 0 spiro atoms. The van der Waals surface area contributed by atoms with Crippen LogP contribution < -0.4 is 15.4 Å². The van der Waals surface area contributed by atoms with Gasteiger partial charge in [-0.05, 0) is 30.5 Å². The topological polar surface area (TPSA) is 134 Å². The van der Waals surface area contributed by atoms with E-state index >= 15 is 0 Å². The maximum absolute atomic E-state index is 13.1. The molecule has 2 heterocycles. The maximum atomic E-state index is 13.1. The zero-order valence-electron chi connectivity index (χ0n) is 18.3. The van der Waals surface area contributed by atoms with Crippen LogP contribution in [0.15, 0.2) is 23.1 Å². The SMILES string of the molecule is COc1ccc(NC(=O)CN2C(=O)N[C@H](CC(C)C)C2=O)cc1S(=O)(=O)N1CCOCC1. The van der Waals surface area contributed by atoms with Crippen molar-refractivity contribution in [3.63, 3.8) is 0 Å². The van der Waals surface area contributed by atoms with Crippen LogP contribution in [0, 0.1) is 5.92 Å². The number of amides is 4. The lowest BCUT2D eigenvalue weighted by molar-refractivity contribution is -0.131. The molecule has 2 fully saturated rings. The summed E-state index contributed by atoms with van der Waals surface area (Å²) in [6, 6.07) is 2.95. The van der Waals surface area contributed by atoms with E-state index in [2.05, 4.69) is 10.6 Å². The van der Waals surface area contributed by atoms with E-state index in [1.807, 2.05) is 13.8 Å². The summed E-state index contributed by atoms with van der Waals surface area (Å²) in [5.41, 5.74) is 0.202. The van der Waals surface area contributed by atoms with Crippen molar-refractivity contribution >= 4 is 33.6 Å². The van der Waals surface area contributed by atoms with Gasteiger partial charge in [-0.25, -0.2) is 13.2 Å². The van der Waals surface area contributed by atoms with Gasteiger partial charge in [-0.1, -0.05) is 13.8 Å². The van der Waals surface area contributed by atoms with Gasteiger partial charge >= 0.3 is 6.03 Å². The second-order valence-corrected chi connectivity index (χ2v) is 9.89. The van der Waals surface area contributed by atoms with Gasteiger partial charge in [0.15, 0.2) is 0 Å². The van der Waals surface area contributed by atoms with Crippen LogP contribution in [0.3, 0.4) is 0 Å². The highest BCUT2D eigenvalue weighted by molar-refractivity contribution is 7.89. The summed E-state index contributed by atoms with van der Waals surface area (Å²) in [6.45, 7) is 4.40. The van der Waals surface area contributed by atoms with Gasteiger partial charge < -0.3 is 20.1 Å². The van der Waals surface area contributed by atoms with Crippen LogP contribution in [0.5, 0.6) is 5.75 Å². The normalized spacial score (nSPS) is 19.9. The second-order valence-electron chi connectivity index (χ2n) is 7.99. The largest absolute Gasteiger partial charge is 0.495 e. The first-order chi connectivity index (χ1) is 15.1. The summed E-state index contributed by atoms with van der Waals surface area (Å²) in [7, 11) is -2.52. The van der Waals surface area contributed by atoms with Crippen LogP contribution in [0.4, 0.5) is 10.5 Å². The van der Waals surface area contributed by atoms with Gasteiger partial charge in [-0.3, -0.25) is 14.5 Å². The van der Waals surface area contributed by atoms with E-state index in [0.29, 0.717) is 19.6 Å². The highest BCUT2D eigenvalue weighted by Gasteiger charge is 2.39. The number of hydrogen-bond acceptors (Lipinski definition) is 7. The number of benzene rings is 1. The van der Waals surface area contributed by atoms with Gasteiger partial charge in [0, 0.05) is 18.8 Å². The van der Waals surface area contributed by atoms with Crippen LogP contribution in [0.1, 0.15) is 20.3 Å². The zero-order chi connectivity index (χ0) is 23.5. The van der Waals surface area contributed by atoms with Crippen molar-refractivity contribution in [2.24, 2.45) is 5.92 Å². The molecule has 0 unspecified atom stereocenters. The number of morpholine rings is 1. The fourth-order valence-electron chi connectivity index (χ4n) is 3.58. The first kappa shape index (κ1) is 24.0. The zero-order valence-corrected chi connectivity index (χ0v) is 19.1. The van der Waals surface area contributed by atoms with Crippen LogP contribution in [-0.4, -0.2) is 81.5 Å². The standard InChI is InChI=1S/C20H28N4O7S/c1-13(2)10-15-19(26)24(20(27)22-15)12-18(25)21-14-4-5-16(30-3)17(11-14)32(28,29)23-6-8-31-9-7-23/h4-5,11,13,15H,6-10,12H2,1-3H3,(H,21,25)(H,22,27)/t15-/m1/s1. The molecule has 0 aromatic heterocycles. The molecule has 0 aliphatic carbocycles. The van der Waals surface area contributed by atoms with Crippen LogP contribution >= 0.6 is 0 Å². The Bertz CT molecular complexity index is 990. The molecular formula is C20H28N4O7S. The molecule has 0 radical (unpaired) electrons. The average molecular weight is 469 g/mol. The quantitative estimate of drug-likeness (QED) is 0.534. The summed E-state index contributed by atoms with van der Waals surface area (Å²) in [6.07, 6.45) is 0.476. The Morgan fingerprint density at radius 2 is 1.97 bits per heavy atom. The van der Waals surface area contributed by atoms with E-state index < -0.39 is 40.5 Å². The number of methoxy groups -OCH3 is 1.